The van der Waals surface area contributed by atoms with Gasteiger partial charge < -0.3 is 4.42 Å². The predicted octanol–water partition coefficient (Wildman–Crippen LogP) is 0.305. The van der Waals surface area contributed by atoms with Gasteiger partial charge >= 0.3 is 0 Å². The van der Waals surface area contributed by atoms with Gasteiger partial charge in [-0.05, 0) is 17.3 Å². The molecule has 10 heteroatoms. The second-order valence-electron chi connectivity index (χ2n) is 5.10. The first-order chi connectivity index (χ1) is 11.6. The predicted molar refractivity (Wildman–Crippen MR) is 83.2 cm³/mol. The van der Waals surface area contributed by atoms with Crippen LogP contribution in [-0.2, 0) is 18.4 Å². The van der Waals surface area contributed by atoms with E-state index in [4.69, 9.17) is 4.42 Å². The molecule has 120 valence electrons. The molecule has 4 aromatic rings. The number of hydrogen-bond acceptors (Lipinski definition) is 7. The highest BCUT2D eigenvalue weighted by atomic mass is 16.3. The average molecular weight is 325 g/mol. The van der Waals surface area contributed by atoms with Crippen molar-refractivity contribution in [3.63, 3.8) is 0 Å². The Kier molecular flexibility index (Phi) is 3.08. The van der Waals surface area contributed by atoms with E-state index in [1.807, 2.05) is 18.2 Å². The maximum Gasteiger partial charge on any atom is 0.297 e. The maximum atomic E-state index is 12.5. The second kappa shape index (κ2) is 5.26. The van der Waals surface area contributed by atoms with Gasteiger partial charge in [-0.1, -0.05) is 17.2 Å². The molecule has 1 N–H and O–H groups in total. The van der Waals surface area contributed by atoms with Crippen molar-refractivity contribution >= 4 is 33.9 Å². The van der Waals surface area contributed by atoms with Crippen LogP contribution in [0.4, 0.5) is 5.95 Å². The number of nitrogens with one attached hydrogen (secondary N) is 1. The van der Waals surface area contributed by atoms with Crippen molar-refractivity contribution in [3.8, 4) is 0 Å². The fourth-order valence-corrected chi connectivity index (χ4v) is 2.38. The highest BCUT2D eigenvalue weighted by molar-refractivity contribution is 6.01. The topological polar surface area (TPSA) is 121 Å². The number of tetrazole rings is 1. The third kappa shape index (κ3) is 2.29. The number of fused-ring (bicyclic) bond motifs is 3. The highest BCUT2D eigenvalue weighted by Gasteiger charge is 2.15. The molecule has 0 fully saturated rings. The van der Waals surface area contributed by atoms with Crippen LogP contribution in [0.1, 0.15) is 0 Å². The van der Waals surface area contributed by atoms with Gasteiger partial charge in [0.15, 0.2) is 0 Å². The number of rotatable bonds is 3. The van der Waals surface area contributed by atoms with Crippen LogP contribution >= 0.6 is 0 Å². The van der Waals surface area contributed by atoms with Crippen LogP contribution in [0.25, 0.3) is 22.1 Å². The third-order valence-corrected chi connectivity index (χ3v) is 3.42. The Morgan fingerprint density at radius 1 is 1.33 bits per heavy atom. The van der Waals surface area contributed by atoms with E-state index in [-0.39, 0.29) is 18.1 Å². The summed E-state index contributed by atoms with van der Waals surface area (Å²) in [7, 11) is 1.58. The first-order valence-corrected chi connectivity index (χ1v) is 7.02. The number of benzene rings is 1. The number of hydrogen-bond donors (Lipinski definition) is 1. The van der Waals surface area contributed by atoms with E-state index in [0.29, 0.717) is 11.1 Å². The second-order valence-corrected chi connectivity index (χ2v) is 5.10. The zero-order valence-corrected chi connectivity index (χ0v) is 12.5. The van der Waals surface area contributed by atoms with Gasteiger partial charge in [0.05, 0.1) is 13.4 Å². The lowest BCUT2D eigenvalue weighted by Crippen LogP contribution is -2.28. The smallest absolute Gasteiger partial charge is 0.297 e. The SMILES string of the molecule is Cn1nnc(NC(=O)Cn2cnc3c(oc4ccccc43)c2=O)n1. The molecule has 0 atom stereocenters. The molecule has 0 bridgehead atoms. The summed E-state index contributed by atoms with van der Waals surface area (Å²) >= 11 is 0. The van der Waals surface area contributed by atoms with Crippen molar-refractivity contribution in [2.75, 3.05) is 5.32 Å². The van der Waals surface area contributed by atoms with Gasteiger partial charge in [0.25, 0.3) is 11.5 Å². The van der Waals surface area contributed by atoms with E-state index >= 15 is 0 Å². The van der Waals surface area contributed by atoms with Crippen LogP contribution in [-0.4, -0.2) is 35.7 Å². The first kappa shape index (κ1) is 14.1. The van der Waals surface area contributed by atoms with Gasteiger partial charge in [-0.25, -0.2) is 4.98 Å². The molecule has 0 aliphatic carbocycles. The van der Waals surface area contributed by atoms with Crippen LogP contribution in [0.2, 0.25) is 0 Å². The molecule has 1 aromatic carbocycles. The summed E-state index contributed by atoms with van der Waals surface area (Å²) in [4.78, 5) is 29.9. The molecular weight excluding hydrogens is 314 g/mol. The summed E-state index contributed by atoms with van der Waals surface area (Å²) in [5, 5.41) is 14.3. The van der Waals surface area contributed by atoms with Crippen molar-refractivity contribution in [1.82, 2.24) is 29.8 Å². The molecule has 0 saturated carbocycles. The first-order valence-electron chi connectivity index (χ1n) is 7.02. The average Bonchev–Trinajstić information content (AvgIpc) is 3.14. The van der Waals surface area contributed by atoms with Crippen molar-refractivity contribution in [2.45, 2.75) is 6.54 Å². The maximum absolute atomic E-state index is 12.5. The monoisotopic (exact) mass is 325 g/mol. The number of nitrogens with zero attached hydrogens (tertiary/aromatic N) is 6. The summed E-state index contributed by atoms with van der Waals surface area (Å²) in [5.41, 5.74) is 0.730. The summed E-state index contributed by atoms with van der Waals surface area (Å²) in [5.74, 6) is -0.407. The number of aryl methyl sites for hydroxylation is 1. The Hall–Kier alpha value is -3.56. The number of anilines is 1. The van der Waals surface area contributed by atoms with Crippen molar-refractivity contribution in [3.05, 3.63) is 40.9 Å². The zero-order chi connectivity index (χ0) is 16.7. The highest BCUT2D eigenvalue weighted by Crippen LogP contribution is 2.23. The number of carbonyl (C=O) groups is 1. The Morgan fingerprint density at radius 3 is 2.96 bits per heavy atom. The molecular formula is C14H11N7O3. The molecule has 24 heavy (non-hydrogen) atoms. The lowest BCUT2D eigenvalue weighted by atomic mass is 10.2. The van der Waals surface area contributed by atoms with Gasteiger partial charge in [-0.2, -0.15) is 4.80 Å². The lowest BCUT2D eigenvalue weighted by Gasteiger charge is -2.03. The minimum absolute atomic E-state index is 0.0633. The molecule has 3 aromatic heterocycles. The molecule has 10 nitrogen and oxygen atoms in total. The third-order valence-electron chi connectivity index (χ3n) is 3.42. The van der Waals surface area contributed by atoms with E-state index in [1.165, 1.54) is 11.1 Å². The summed E-state index contributed by atoms with van der Waals surface area (Å²) in [6.45, 7) is -0.239. The molecule has 3 heterocycles. The molecule has 0 spiro atoms. The Morgan fingerprint density at radius 2 is 2.17 bits per heavy atom. The zero-order valence-electron chi connectivity index (χ0n) is 12.5. The largest absolute Gasteiger partial charge is 0.448 e. The minimum atomic E-state index is -0.470. The molecule has 1 amide bonds. The normalized spacial score (nSPS) is 11.2. The number of aromatic nitrogens is 6. The van der Waals surface area contributed by atoms with Crippen molar-refractivity contribution in [1.29, 1.82) is 0 Å². The number of para-hydroxylation sites is 1. The molecule has 0 saturated heterocycles. The number of carbonyl (C=O) groups excluding carboxylic acids is 1. The van der Waals surface area contributed by atoms with Crippen LogP contribution < -0.4 is 10.9 Å². The Bertz CT molecular complexity index is 1120. The Labute approximate surface area is 133 Å². The summed E-state index contributed by atoms with van der Waals surface area (Å²) < 4.78 is 6.72. The fraction of sp³-hybridized carbons (Fsp3) is 0.143. The quantitative estimate of drug-likeness (QED) is 0.575. The fourth-order valence-electron chi connectivity index (χ4n) is 2.38. The molecule has 0 aliphatic heterocycles. The van der Waals surface area contributed by atoms with Crippen LogP contribution in [0.3, 0.4) is 0 Å². The van der Waals surface area contributed by atoms with Gasteiger partial charge in [-0.3, -0.25) is 19.5 Å². The Balaban J connectivity index is 1.67. The van der Waals surface area contributed by atoms with Gasteiger partial charge in [0.2, 0.25) is 11.5 Å². The van der Waals surface area contributed by atoms with Gasteiger partial charge in [0, 0.05) is 5.39 Å². The van der Waals surface area contributed by atoms with E-state index in [9.17, 15) is 9.59 Å². The standard InChI is InChI=1S/C14H11N7O3/c1-20-18-14(17-19-20)16-10(22)6-21-7-15-11-8-4-2-3-5-9(8)24-12(11)13(21)23/h2-5,7H,6H2,1H3,(H,16,18,22). The summed E-state index contributed by atoms with van der Waals surface area (Å²) in [6.07, 6.45) is 1.32. The molecule has 0 aliphatic rings. The summed E-state index contributed by atoms with van der Waals surface area (Å²) in [6, 6.07) is 7.23. The van der Waals surface area contributed by atoms with Crippen LogP contribution in [0, 0.1) is 0 Å². The van der Waals surface area contributed by atoms with E-state index in [1.54, 1.807) is 13.1 Å². The van der Waals surface area contributed by atoms with Crippen molar-refractivity contribution < 1.29 is 9.21 Å². The van der Waals surface area contributed by atoms with Crippen LogP contribution in [0.15, 0.2) is 39.8 Å². The number of furan rings is 1. The van der Waals surface area contributed by atoms with E-state index < -0.39 is 11.5 Å². The lowest BCUT2D eigenvalue weighted by molar-refractivity contribution is -0.116. The minimum Gasteiger partial charge on any atom is -0.448 e. The number of amides is 1. The van der Waals surface area contributed by atoms with Gasteiger partial charge in [0.1, 0.15) is 17.6 Å². The van der Waals surface area contributed by atoms with E-state index in [0.717, 1.165) is 9.95 Å². The van der Waals surface area contributed by atoms with Gasteiger partial charge in [-0.15, -0.1) is 5.10 Å². The van der Waals surface area contributed by atoms with E-state index in [2.05, 4.69) is 25.7 Å². The van der Waals surface area contributed by atoms with Crippen molar-refractivity contribution in [2.24, 2.45) is 7.05 Å². The van der Waals surface area contributed by atoms with Crippen LogP contribution in [0.5, 0.6) is 0 Å². The molecule has 0 unspecified atom stereocenters. The molecule has 4 rings (SSSR count). The molecule has 0 radical (unpaired) electrons.